The molecule has 3 N–H and O–H groups in total. The lowest BCUT2D eigenvalue weighted by molar-refractivity contribution is -0.144. The smallest absolute Gasteiger partial charge is 0.308 e. The van der Waals surface area contributed by atoms with Crippen molar-refractivity contribution in [3.8, 4) is 0 Å². The van der Waals surface area contributed by atoms with E-state index in [1.165, 1.54) is 0 Å². The first-order chi connectivity index (χ1) is 7.04. The molecule has 0 aliphatic heterocycles. The van der Waals surface area contributed by atoms with Crippen LogP contribution in [0.5, 0.6) is 0 Å². The second kappa shape index (κ2) is 4.89. The van der Waals surface area contributed by atoms with Crippen molar-refractivity contribution < 1.29 is 9.90 Å². The van der Waals surface area contributed by atoms with E-state index in [0.29, 0.717) is 0 Å². The lowest BCUT2D eigenvalue weighted by Crippen LogP contribution is -2.32. The molecule has 0 bridgehead atoms. The molecule has 1 aromatic rings. The maximum atomic E-state index is 11.1. The Kier molecular flexibility index (Phi) is 3.80. The number of hydrogen-bond donors (Lipinski definition) is 2. The van der Waals surface area contributed by atoms with Crippen molar-refractivity contribution in [2.75, 3.05) is 0 Å². The zero-order valence-corrected chi connectivity index (χ0v) is 8.92. The standard InChI is InChI=1S/C11H16N2O2/c1-7(2)9(11(14)15)10(12)8-3-5-13-6-4-8/h3-7,9-10H,12H2,1-2H3,(H,14,15). The van der Waals surface area contributed by atoms with Gasteiger partial charge in [-0.3, -0.25) is 9.78 Å². The van der Waals surface area contributed by atoms with Crippen LogP contribution in [0.15, 0.2) is 24.5 Å². The molecule has 0 saturated heterocycles. The zero-order chi connectivity index (χ0) is 11.4. The summed E-state index contributed by atoms with van der Waals surface area (Å²) in [5, 5.41) is 9.08. The van der Waals surface area contributed by atoms with Crippen LogP contribution in [0, 0.1) is 11.8 Å². The summed E-state index contributed by atoms with van der Waals surface area (Å²) in [6.45, 7) is 3.72. The summed E-state index contributed by atoms with van der Waals surface area (Å²) in [4.78, 5) is 14.9. The van der Waals surface area contributed by atoms with Crippen LogP contribution in [0.4, 0.5) is 0 Å². The van der Waals surface area contributed by atoms with E-state index in [-0.39, 0.29) is 5.92 Å². The molecule has 0 amide bonds. The lowest BCUT2D eigenvalue weighted by Gasteiger charge is -2.23. The first kappa shape index (κ1) is 11.7. The summed E-state index contributed by atoms with van der Waals surface area (Å²) in [7, 11) is 0. The molecule has 1 rings (SSSR count). The van der Waals surface area contributed by atoms with Crippen molar-refractivity contribution in [3.05, 3.63) is 30.1 Å². The summed E-state index contributed by atoms with van der Waals surface area (Å²) < 4.78 is 0. The number of pyridine rings is 1. The molecule has 1 aromatic heterocycles. The summed E-state index contributed by atoms with van der Waals surface area (Å²) in [5.74, 6) is -1.41. The summed E-state index contributed by atoms with van der Waals surface area (Å²) >= 11 is 0. The molecule has 0 aliphatic carbocycles. The van der Waals surface area contributed by atoms with Gasteiger partial charge in [0.15, 0.2) is 0 Å². The van der Waals surface area contributed by atoms with Gasteiger partial charge in [0.2, 0.25) is 0 Å². The van der Waals surface area contributed by atoms with E-state index < -0.39 is 17.9 Å². The number of aromatic nitrogens is 1. The third-order valence-electron chi connectivity index (χ3n) is 2.48. The monoisotopic (exact) mass is 208 g/mol. The molecule has 0 aliphatic rings. The van der Waals surface area contributed by atoms with Gasteiger partial charge in [-0.25, -0.2) is 0 Å². The summed E-state index contributed by atoms with van der Waals surface area (Å²) in [6, 6.07) is 3.02. The minimum absolute atomic E-state index is 0.00525. The van der Waals surface area contributed by atoms with Crippen LogP contribution >= 0.6 is 0 Å². The third-order valence-corrected chi connectivity index (χ3v) is 2.48. The van der Waals surface area contributed by atoms with Gasteiger partial charge in [0, 0.05) is 18.4 Å². The number of carboxylic acids is 1. The van der Waals surface area contributed by atoms with Gasteiger partial charge in [-0.1, -0.05) is 13.8 Å². The maximum absolute atomic E-state index is 11.1. The highest BCUT2D eigenvalue weighted by molar-refractivity contribution is 5.71. The van der Waals surface area contributed by atoms with E-state index >= 15 is 0 Å². The fourth-order valence-corrected chi connectivity index (χ4v) is 1.65. The van der Waals surface area contributed by atoms with Crippen molar-refractivity contribution in [3.63, 3.8) is 0 Å². The van der Waals surface area contributed by atoms with Gasteiger partial charge in [0.05, 0.1) is 5.92 Å². The molecular weight excluding hydrogens is 192 g/mol. The van der Waals surface area contributed by atoms with Crippen molar-refractivity contribution in [2.24, 2.45) is 17.6 Å². The molecule has 0 aromatic carbocycles. The molecule has 15 heavy (non-hydrogen) atoms. The minimum Gasteiger partial charge on any atom is -0.481 e. The fraction of sp³-hybridized carbons (Fsp3) is 0.455. The number of carboxylic acid groups (broad SMARTS) is 1. The highest BCUT2D eigenvalue weighted by Gasteiger charge is 2.29. The van der Waals surface area contributed by atoms with Crippen LogP contribution in [0.3, 0.4) is 0 Å². The minimum atomic E-state index is -0.852. The Morgan fingerprint density at radius 2 is 1.93 bits per heavy atom. The van der Waals surface area contributed by atoms with E-state index in [2.05, 4.69) is 4.98 Å². The largest absolute Gasteiger partial charge is 0.481 e. The number of aliphatic carboxylic acids is 1. The zero-order valence-electron chi connectivity index (χ0n) is 8.92. The third kappa shape index (κ3) is 2.76. The van der Waals surface area contributed by atoms with E-state index in [9.17, 15) is 4.79 Å². The molecule has 0 fully saturated rings. The molecule has 2 atom stereocenters. The van der Waals surface area contributed by atoms with Gasteiger partial charge < -0.3 is 10.8 Å². The number of hydrogen-bond acceptors (Lipinski definition) is 3. The topological polar surface area (TPSA) is 76.2 Å². The Balaban J connectivity index is 2.91. The summed E-state index contributed by atoms with van der Waals surface area (Å²) in [6.07, 6.45) is 3.24. The average Bonchev–Trinajstić information content (AvgIpc) is 2.18. The molecule has 82 valence electrons. The normalized spacial score (nSPS) is 14.9. The van der Waals surface area contributed by atoms with Crippen LogP contribution in [0.2, 0.25) is 0 Å². The van der Waals surface area contributed by atoms with Crippen molar-refractivity contribution in [2.45, 2.75) is 19.9 Å². The number of carbonyl (C=O) groups is 1. The predicted molar refractivity (Wildman–Crippen MR) is 57.1 cm³/mol. The molecule has 0 spiro atoms. The second-order valence-corrected chi connectivity index (χ2v) is 3.91. The van der Waals surface area contributed by atoms with Gasteiger partial charge in [0.1, 0.15) is 0 Å². The first-order valence-corrected chi connectivity index (χ1v) is 4.92. The van der Waals surface area contributed by atoms with E-state index in [1.54, 1.807) is 24.5 Å². The van der Waals surface area contributed by atoms with E-state index in [0.717, 1.165) is 5.56 Å². The Morgan fingerprint density at radius 3 is 2.33 bits per heavy atom. The van der Waals surface area contributed by atoms with Crippen LogP contribution < -0.4 is 5.73 Å². The van der Waals surface area contributed by atoms with Crippen molar-refractivity contribution in [1.29, 1.82) is 0 Å². The Labute approximate surface area is 89.1 Å². The molecule has 4 nitrogen and oxygen atoms in total. The van der Waals surface area contributed by atoms with Crippen LogP contribution in [-0.4, -0.2) is 16.1 Å². The molecule has 0 radical (unpaired) electrons. The Morgan fingerprint density at radius 1 is 1.40 bits per heavy atom. The Hall–Kier alpha value is -1.42. The van der Waals surface area contributed by atoms with Gasteiger partial charge in [-0.05, 0) is 23.6 Å². The maximum Gasteiger partial charge on any atom is 0.308 e. The molecule has 4 heteroatoms. The molecule has 0 saturated carbocycles. The SMILES string of the molecule is CC(C)C(C(=O)O)C(N)c1ccncc1. The van der Waals surface area contributed by atoms with Crippen LogP contribution in [0.25, 0.3) is 0 Å². The first-order valence-electron chi connectivity index (χ1n) is 4.92. The van der Waals surface area contributed by atoms with E-state index in [1.807, 2.05) is 13.8 Å². The van der Waals surface area contributed by atoms with Crippen LogP contribution in [-0.2, 0) is 4.79 Å². The highest BCUT2D eigenvalue weighted by Crippen LogP contribution is 2.25. The predicted octanol–water partition coefficient (Wildman–Crippen LogP) is 1.44. The van der Waals surface area contributed by atoms with Crippen molar-refractivity contribution in [1.82, 2.24) is 4.98 Å². The lowest BCUT2D eigenvalue weighted by atomic mass is 9.85. The van der Waals surface area contributed by atoms with Gasteiger partial charge in [-0.15, -0.1) is 0 Å². The molecular formula is C11H16N2O2. The van der Waals surface area contributed by atoms with Gasteiger partial charge >= 0.3 is 5.97 Å². The number of rotatable bonds is 4. The van der Waals surface area contributed by atoms with Crippen LogP contribution in [0.1, 0.15) is 25.5 Å². The van der Waals surface area contributed by atoms with Gasteiger partial charge in [0.25, 0.3) is 0 Å². The number of nitrogens with zero attached hydrogens (tertiary/aromatic N) is 1. The highest BCUT2D eigenvalue weighted by atomic mass is 16.4. The average molecular weight is 208 g/mol. The summed E-state index contributed by atoms with van der Waals surface area (Å²) in [5.41, 5.74) is 6.74. The second-order valence-electron chi connectivity index (χ2n) is 3.91. The van der Waals surface area contributed by atoms with Gasteiger partial charge in [-0.2, -0.15) is 0 Å². The van der Waals surface area contributed by atoms with Crippen molar-refractivity contribution >= 4 is 5.97 Å². The number of nitrogens with two attached hydrogens (primary N) is 1. The molecule has 1 heterocycles. The van der Waals surface area contributed by atoms with E-state index in [4.69, 9.17) is 10.8 Å². The fourth-order valence-electron chi connectivity index (χ4n) is 1.65. The Bertz CT molecular complexity index is 325. The quantitative estimate of drug-likeness (QED) is 0.785. The molecule has 2 unspecified atom stereocenters.